The highest BCUT2D eigenvalue weighted by atomic mass is 16.5. The molecular weight excluding hydrogens is 320 g/mol. The van der Waals surface area contributed by atoms with Gasteiger partial charge in [0.15, 0.2) is 0 Å². The maximum atomic E-state index is 12.7. The van der Waals surface area contributed by atoms with Gasteiger partial charge in [-0.15, -0.1) is 0 Å². The molecule has 2 rings (SSSR count). The second-order valence-electron chi connectivity index (χ2n) is 5.30. The number of hydrogen-bond donors (Lipinski definition) is 1. The van der Waals surface area contributed by atoms with Gasteiger partial charge in [-0.05, 0) is 31.2 Å². The van der Waals surface area contributed by atoms with Crippen LogP contribution in [0.4, 0.5) is 5.69 Å². The lowest BCUT2D eigenvalue weighted by molar-refractivity contribution is -0.116. The van der Waals surface area contributed by atoms with Crippen molar-refractivity contribution in [3.63, 3.8) is 0 Å². The first-order valence-corrected chi connectivity index (χ1v) is 7.95. The summed E-state index contributed by atoms with van der Waals surface area (Å²) in [6.45, 7) is 2.18. The number of hydrogen-bond acceptors (Lipinski definition) is 4. The van der Waals surface area contributed by atoms with Crippen molar-refractivity contribution in [1.29, 1.82) is 0 Å². The van der Waals surface area contributed by atoms with Crippen molar-refractivity contribution in [3.8, 4) is 11.5 Å². The lowest BCUT2D eigenvalue weighted by Crippen LogP contribution is -2.38. The number of methoxy groups -OCH3 is 2. The molecule has 0 heterocycles. The monoisotopic (exact) mass is 342 g/mol. The number of anilines is 1. The molecule has 0 unspecified atom stereocenters. The molecule has 0 saturated carbocycles. The lowest BCUT2D eigenvalue weighted by atomic mass is 10.1. The molecule has 1 N–H and O–H groups in total. The Hall–Kier alpha value is -3.02. The van der Waals surface area contributed by atoms with E-state index in [0.29, 0.717) is 29.3 Å². The van der Waals surface area contributed by atoms with Gasteiger partial charge in [-0.3, -0.25) is 9.59 Å². The number of carbonyl (C=O) groups is 2. The predicted molar refractivity (Wildman–Crippen MR) is 96.2 cm³/mol. The Morgan fingerprint density at radius 3 is 2.48 bits per heavy atom. The average Bonchev–Trinajstić information content (AvgIpc) is 2.65. The van der Waals surface area contributed by atoms with Crippen LogP contribution in [-0.2, 0) is 4.79 Å². The van der Waals surface area contributed by atoms with Crippen molar-refractivity contribution >= 4 is 17.5 Å². The first-order valence-electron chi connectivity index (χ1n) is 7.95. The molecule has 0 spiro atoms. The molecule has 0 aliphatic carbocycles. The normalized spacial score (nSPS) is 10.0. The van der Waals surface area contributed by atoms with Crippen LogP contribution in [0.2, 0.25) is 0 Å². The van der Waals surface area contributed by atoms with E-state index in [0.717, 1.165) is 0 Å². The maximum Gasteiger partial charge on any atom is 0.258 e. The van der Waals surface area contributed by atoms with Gasteiger partial charge in [0, 0.05) is 18.3 Å². The fourth-order valence-corrected chi connectivity index (χ4v) is 2.39. The average molecular weight is 342 g/mol. The minimum absolute atomic E-state index is 0.0510. The minimum Gasteiger partial charge on any atom is -0.497 e. The molecule has 0 saturated heterocycles. The number of nitrogens with one attached hydrogen (secondary N) is 1. The third-order valence-corrected chi connectivity index (χ3v) is 3.69. The first kappa shape index (κ1) is 18.3. The van der Waals surface area contributed by atoms with Crippen molar-refractivity contribution < 1.29 is 19.1 Å². The van der Waals surface area contributed by atoms with Crippen LogP contribution < -0.4 is 14.8 Å². The second-order valence-corrected chi connectivity index (χ2v) is 5.30. The molecule has 0 aromatic heterocycles. The van der Waals surface area contributed by atoms with E-state index < -0.39 is 0 Å². The highest BCUT2D eigenvalue weighted by Crippen LogP contribution is 2.20. The number of nitrogens with zero attached hydrogens (tertiary/aromatic N) is 1. The fraction of sp³-hybridized carbons (Fsp3) is 0.263. The van der Waals surface area contributed by atoms with Crippen molar-refractivity contribution in [1.82, 2.24) is 4.90 Å². The van der Waals surface area contributed by atoms with Crippen molar-refractivity contribution in [3.05, 3.63) is 54.1 Å². The maximum absolute atomic E-state index is 12.7. The van der Waals surface area contributed by atoms with Gasteiger partial charge in [-0.1, -0.05) is 18.2 Å². The summed E-state index contributed by atoms with van der Waals surface area (Å²) in [7, 11) is 3.07. The highest BCUT2D eigenvalue weighted by molar-refractivity contribution is 6.00. The van der Waals surface area contributed by atoms with E-state index in [1.54, 1.807) is 55.6 Å². The molecule has 2 aromatic carbocycles. The number of rotatable bonds is 7. The number of para-hydroxylation sites is 1. The molecule has 6 heteroatoms. The number of amides is 2. The van der Waals surface area contributed by atoms with Gasteiger partial charge < -0.3 is 19.7 Å². The van der Waals surface area contributed by atoms with E-state index in [2.05, 4.69) is 5.32 Å². The van der Waals surface area contributed by atoms with Crippen LogP contribution in [0.3, 0.4) is 0 Å². The summed E-state index contributed by atoms with van der Waals surface area (Å²) in [4.78, 5) is 26.5. The van der Waals surface area contributed by atoms with Crippen LogP contribution in [0.25, 0.3) is 0 Å². The van der Waals surface area contributed by atoms with Gasteiger partial charge in [0.05, 0.1) is 19.8 Å². The predicted octanol–water partition coefficient (Wildman–Crippen LogP) is 2.80. The molecule has 25 heavy (non-hydrogen) atoms. The van der Waals surface area contributed by atoms with E-state index in [-0.39, 0.29) is 18.4 Å². The molecule has 0 aliphatic heterocycles. The van der Waals surface area contributed by atoms with Gasteiger partial charge in [-0.25, -0.2) is 0 Å². The summed E-state index contributed by atoms with van der Waals surface area (Å²) in [6.07, 6.45) is 0. The number of carbonyl (C=O) groups excluding carboxylic acids is 2. The summed E-state index contributed by atoms with van der Waals surface area (Å²) < 4.78 is 10.4. The summed E-state index contributed by atoms with van der Waals surface area (Å²) in [6, 6.07) is 14.0. The minimum atomic E-state index is -0.279. The number of ether oxygens (including phenoxy) is 2. The van der Waals surface area contributed by atoms with Crippen molar-refractivity contribution in [2.75, 3.05) is 32.6 Å². The number of benzene rings is 2. The van der Waals surface area contributed by atoms with E-state index in [4.69, 9.17) is 9.47 Å². The van der Waals surface area contributed by atoms with Gasteiger partial charge in [-0.2, -0.15) is 0 Å². The molecule has 0 radical (unpaired) electrons. The summed E-state index contributed by atoms with van der Waals surface area (Å²) in [5, 5.41) is 2.77. The zero-order chi connectivity index (χ0) is 18.2. The molecule has 2 amide bonds. The Morgan fingerprint density at radius 2 is 1.80 bits per heavy atom. The number of likely N-dealkylation sites (N-methyl/N-ethyl adjacent to an activating group) is 1. The zero-order valence-corrected chi connectivity index (χ0v) is 14.6. The van der Waals surface area contributed by atoms with Gasteiger partial charge in [0.2, 0.25) is 5.91 Å². The van der Waals surface area contributed by atoms with Crippen molar-refractivity contribution in [2.45, 2.75) is 6.92 Å². The van der Waals surface area contributed by atoms with Crippen LogP contribution in [0.1, 0.15) is 17.3 Å². The third-order valence-electron chi connectivity index (χ3n) is 3.69. The van der Waals surface area contributed by atoms with Crippen LogP contribution in [-0.4, -0.2) is 44.0 Å². The van der Waals surface area contributed by atoms with Crippen LogP contribution in [0, 0.1) is 0 Å². The SMILES string of the molecule is CCN(CC(=O)Nc1cccc(OC)c1)C(=O)c1ccccc1OC. The largest absolute Gasteiger partial charge is 0.497 e. The Kier molecular flexibility index (Phi) is 6.39. The van der Waals surface area contributed by atoms with E-state index >= 15 is 0 Å². The molecule has 2 aromatic rings. The smallest absolute Gasteiger partial charge is 0.258 e. The Bertz CT molecular complexity index is 746. The van der Waals surface area contributed by atoms with E-state index in [1.807, 2.05) is 6.92 Å². The molecule has 0 aliphatic rings. The Balaban J connectivity index is 2.07. The highest BCUT2D eigenvalue weighted by Gasteiger charge is 2.20. The summed E-state index contributed by atoms with van der Waals surface area (Å²) >= 11 is 0. The van der Waals surface area contributed by atoms with Gasteiger partial charge in [0.1, 0.15) is 18.0 Å². The fourth-order valence-electron chi connectivity index (χ4n) is 2.39. The first-order chi connectivity index (χ1) is 12.1. The molecule has 0 bridgehead atoms. The zero-order valence-electron chi connectivity index (χ0n) is 14.6. The molecule has 6 nitrogen and oxygen atoms in total. The second kappa shape index (κ2) is 8.73. The Labute approximate surface area is 147 Å². The van der Waals surface area contributed by atoms with Gasteiger partial charge >= 0.3 is 0 Å². The van der Waals surface area contributed by atoms with E-state index in [1.165, 1.54) is 12.0 Å². The summed E-state index contributed by atoms with van der Waals surface area (Å²) in [5.41, 5.74) is 1.05. The molecule has 0 atom stereocenters. The standard InChI is InChI=1S/C19H22N2O4/c1-4-21(19(23)16-10-5-6-11-17(16)25-3)13-18(22)20-14-8-7-9-15(12-14)24-2/h5-12H,4,13H2,1-3H3,(H,20,22). The lowest BCUT2D eigenvalue weighted by Gasteiger charge is -2.21. The molecule has 0 fully saturated rings. The quantitative estimate of drug-likeness (QED) is 0.840. The topological polar surface area (TPSA) is 67.9 Å². The third kappa shape index (κ3) is 4.73. The Morgan fingerprint density at radius 1 is 1.04 bits per heavy atom. The molecular formula is C19H22N2O4. The van der Waals surface area contributed by atoms with Gasteiger partial charge in [0.25, 0.3) is 5.91 Å². The van der Waals surface area contributed by atoms with Crippen LogP contribution >= 0.6 is 0 Å². The van der Waals surface area contributed by atoms with Crippen LogP contribution in [0.5, 0.6) is 11.5 Å². The van der Waals surface area contributed by atoms with Crippen LogP contribution in [0.15, 0.2) is 48.5 Å². The van der Waals surface area contributed by atoms with Crippen molar-refractivity contribution in [2.24, 2.45) is 0 Å². The molecule has 132 valence electrons. The summed E-state index contributed by atoms with van der Waals surface area (Å²) in [5.74, 6) is 0.605. The van der Waals surface area contributed by atoms with E-state index in [9.17, 15) is 9.59 Å².